The second-order valence-electron chi connectivity index (χ2n) is 5.19. The lowest BCUT2D eigenvalue weighted by Gasteiger charge is -2.07. The number of hydrogen-bond donors (Lipinski definition) is 0. The number of aromatic nitrogens is 2. The second-order valence-corrected chi connectivity index (χ2v) is 5.19. The Hall–Kier alpha value is -2.36. The normalized spacial score (nSPS) is 11.1. The third-order valence-corrected chi connectivity index (χ3v) is 3.60. The maximum atomic E-state index is 12.1. The molecular weight excluding hydrogens is 264 g/mol. The fourth-order valence-corrected chi connectivity index (χ4v) is 2.41. The molecule has 0 aliphatic heterocycles. The van der Waals surface area contributed by atoms with E-state index in [2.05, 4.69) is 11.9 Å². The molecule has 2 heterocycles. The smallest absolute Gasteiger partial charge is 0.338 e. The molecule has 0 amide bonds. The second kappa shape index (κ2) is 5.56. The van der Waals surface area contributed by atoms with Crippen LogP contribution in [0.1, 0.15) is 35.7 Å². The van der Waals surface area contributed by atoms with Crippen LogP contribution < -0.4 is 0 Å². The van der Waals surface area contributed by atoms with Gasteiger partial charge in [0.2, 0.25) is 0 Å². The third kappa shape index (κ3) is 2.49. The van der Waals surface area contributed by atoms with Crippen molar-refractivity contribution < 1.29 is 9.53 Å². The number of pyridine rings is 1. The number of nitrogens with zero attached hydrogens (tertiary/aromatic N) is 2. The van der Waals surface area contributed by atoms with Crippen LogP contribution in [-0.4, -0.2) is 22.0 Å². The van der Waals surface area contributed by atoms with Crippen LogP contribution in [0.4, 0.5) is 0 Å². The van der Waals surface area contributed by atoms with E-state index in [1.165, 1.54) is 0 Å². The topological polar surface area (TPSA) is 43.6 Å². The Bertz CT molecular complexity index is 805. The largest absolute Gasteiger partial charge is 0.462 e. The lowest BCUT2D eigenvalue weighted by atomic mass is 10.1. The predicted octanol–water partition coefficient (Wildman–Crippen LogP) is 3.75. The zero-order chi connectivity index (χ0) is 14.8. The van der Waals surface area contributed by atoms with Crippen molar-refractivity contribution in [2.75, 3.05) is 6.61 Å². The van der Waals surface area contributed by atoms with E-state index in [0.717, 1.165) is 35.1 Å². The summed E-state index contributed by atoms with van der Waals surface area (Å²) in [5.74, 6) is -0.268. The van der Waals surface area contributed by atoms with E-state index in [0.29, 0.717) is 12.2 Å². The Morgan fingerprint density at radius 1 is 1.33 bits per heavy atom. The van der Waals surface area contributed by atoms with Crippen LogP contribution in [0.3, 0.4) is 0 Å². The van der Waals surface area contributed by atoms with Gasteiger partial charge in [-0.2, -0.15) is 0 Å². The van der Waals surface area contributed by atoms with Crippen molar-refractivity contribution in [3.8, 4) is 0 Å². The lowest BCUT2D eigenvalue weighted by Crippen LogP contribution is -2.09. The molecule has 0 saturated heterocycles. The van der Waals surface area contributed by atoms with E-state index in [-0.39, 0.29) is 5.97 Å². The van der Waals surface area contributed by atoms with Crippen LogP contribution in [0.15, 0.2) is 36.5 Å². The van der Waals surface area contributed by atoms with Gasteiger partial charge in [-0.25, -0.2) is 9.78 Å². The van der Waals surface area contributed by atoms with Crippen molar-refractivity contribution in [3.05, 3.63) is 47.7 Å². The van der Waals surface area contributed by atoms with Crippen molar-refractivity contribution in [2.45, 2.75) is 26.7 Å². The van der Waals surface area contributed by atoms with Gasteiger partial charge in [0.1, 0.15) is 5.65 Å². The maximum absolute atomic E-state index is 12.1. The molecule has 3 rings (SSSR count). The number of rotatable bonds is 4. The number of imidazole rings is 1. The number of ether oxygens (including phenoxy) is 1. The van der Waals surface area contributed by atoms with E-state index < -0.39 is 0 Å². The Morgan fingerprint density at radius 2 is 2.14 bits per heavy atom. The number of fused-ring (bicyclic) bond motifs is 3. The summed E-state index contributed by atoms with van der Waals surface area (Å²) >= 11 is 0. The van der Waals surface area contributed by atoms with Gasteiger partial charge in [0.05, 0.1) is 23.2 Å². The molecule has 4 heteroatoms. The van der Waals surface area contributed by atoms with E-state index in [9.17, 15) is 4.79 Å². The quantitative estimate of drug-likeness (QED) is 0.540. The number of esters is 1. The Labute approximate surface area is 123 Å². The highest BCUT2D eigenvalue weighted by atomic mass is 16.5. The molecule has 108 valence electrons. The summed E-state index contributed by atoms with van der Waals surface area (Å²) in [4.78, 5) is 16.7. The average molecular weight is 282 g/mol. The van der Waals surface area contributed by atoms with Gasteiger partial charge in [-0.3, -0.25) is 4.40 Å². The summed E-state index contributed by atoms with van der Waals surface area (Å²) in [5.41, 5.74) is 4.22. The van der Waals surface area contributed by atoms with Crippen LogP contribution in [-0.2, 0) is 4.74 Å². The number of carbonyl (C=O) groups is 1. The minimum Gasteiger partial charge on any atom is -0.462 e. The Morgan fingerprint density at radius 3 is 2.95 bits per heavy atom. The third-order valence-electron chi connectivity index (χ3n) is 3.60. The molecule has 4 nitrogen and oxygen atoms in total. The van der Waals surface area contributed by atoms with Crippen molar-refractivity contribution in [3.63, 3.8) is 0 Å². The first-order valence-electron chi connectivity index (χ1n) is 7.25. The molecule has 0 radical (unpaired) electrons. The molecule has 0 N–H and O–H groups in total. The first-order valence-corrected chi connectivity index (χ1v) is 7.25. The van der Waals surface area contributed by atoms with Gasteiger partial charge < -0.3 is 4.74 Å². The summed E-state index contributed by atoms with van der Waals surface area (Å²) in [6, 6.07) is 9.74. The fourth-order valence-electron chi connectivity index (χ4n) is 2.41. The van der Waals surface area contributed by atoms with Crippen LogP contribution in [0.5, 0.6) is 0 Å². The number of aryl methyl sites for hydroxylation is 1. The number of hydrogen-bond acceptors (Lipinski definition) is 3. The van der Waals surface area contributed by atoms with E-state index in [4.69, 9.17) is 4.74 Å². The monoisotopic (exact) mass is 282 g/mol. The van der Waals surface area contributed by atoms with Gasteiger partial charge in [0.25, 0.3) is 0 Å². The van der Waals surface area contributed by atoms with Crippen LogP contribution in [0.2, 0.25) is 0 Å². The zero-order valence-corrected chi connectivity index (χ0v) is 12.3. The molecule has 0 bridgehead atoms. The first kappa shape index (κ1) is 13.6. The van der Waals surface area contributed by atoms with Gasteiger partial charge in [-0.15, -0.1) is 0 Å². The van der Waals surface area contributed by atoms with Crippen molar-refractivity contribution >= 4 is 22.6 Å². The minimum atomic E-state index is -0.268. The molecule has 0 aliphatic carbocycles. The van der Waals surface area contributed by atoms with Gasteiger partial charge in [0.15, 0.2) is 0 Å². The summed E-state index contributed by atoms with van der Waals surface area (Å²) in [6.45, 7) is 4.46. The summed E-state index contributed by atoms with van der Waals surface area (Å²) in [6.07, 6.45) is 3.85. The fraction of sp³-hybridized carbons (Fsp3) is 0.294. The lowest BCUT2D eigenvalue weighted by molar-refractivity contribution is 0.0499. The van der Waals surface area contributed by atoms with Gasteiger partial charge in [-0.1, -0.05) is 25.5 Å². The zero-order valence-electron chi connectivity index (χ0n) is 12.3. The molecular formula is C17H18N2O2. The van der Waals surface area contributed by atoms with Crippen molar-refractivity contribution in [1.29, 1.82) is 0 Å². The standard InChI is InChI=1S/C17H18N2O2/c1-3-4-9-21-17(20)13-10-16-18-14-7-5-6-8-15(14)19(16)11-12(13)2/h5-8,10-11H,3-4,9H2,1-2H3. The molecule has 2 aromatic heterocycles. The SMILES string of the molecule is CCCCOC(=O)c1cc2nc3ccccc3n2cc1C. The van der Waals surface area contributed by atoms with Gasteiger partial charge in [0, 0.05) is 6.20 Å². The Balaban J connectivity index is 2.02. The number of benzene rings is 1. The molecule has 0 fully saturated rings. The minimum absolute atomic E-state index is 0.268. The predicted molar refractivity (Wildman–Crippen MR) is 82.6 cm³/mol. The molecule has 3 aromatic rings. The van der Waals surface area contributed by atoms with Crippen LogP contribution in [0, 0.1) is 6.92 Å². The summed E-state index contributed by atoms with van der Waals surface area (Å²) in [5, 5.41) is 0. The highest BCUT2D eigenvalue weighted by Gasteiger charge is 2.14. The van der Waals surface area contributed by atoms with Crippen molar-refractivity contribution in [2.24, 2.45) is 0 Å². The number of unbranched alkanes of at least 4 members (excludes halogenated alkanes) is 1. The molecule has 0 atom stereocenters. The van der Waals surface area contributed by atoms with Crippen LogP contribution >= 0.6 is 0 Å². The highest BCUT2D eigenvalue weighted by Crippen LogP contribution is 2.20. The first-order chi connectivity index (χ1) is 10.2. The molecule has 21 heavy (non-hydrogen) atoms. The number of carbonyl (C=O) groups excluding carboxylic acids is 1. The molecule has 0 aliphatic rings. The Kier molecular flexibility index (Phi) is 3.60. The molecule has 1 aromatic carbocycles. The summed E-state index contributed by atoms with van der Waals surface area (Å²) < 4.78 is 7.30. The van der Waals surface area contributed by atoms with E-state index in [1.807, 2.05) is 47.9 Å². The molecule has 0 saturated carbocycles. The molecule has 0 spiro atoms. The van der Waals surface area contributed by atoms with E-state index >= 15 is 0 Å². The van der Waals surface area contributed by atoms with Crippen molar-refractivity contribution in [1.82, 2.24) is 9.38 Å². The van der Waals surface area contributed by atoms with Gasteiger partial charge >= 0.3 is 5.97 Å². The highest BCUT2D eigenvalue weighted by molar-refractivity contribution is 5.93. The van der Waals surface area contributed by atoms with Gasteiger partial charge in [-0.05, 0) is 37.1 Å². The van der Waals surface area contributed by atoms with E-state index in [1.54, 1.807) is 0 Å². The number of para-hydroxylation sites is 2. The average Bonchev–Trinajstić information content (AvgIpc) is 2.84. The maximum Gasteiger partial charge on any atom is 0.338 e. The summed E-state index contributed by atoms with van der Waals surface area (Å²) in [7, 11) is 0. The van der Waals surface area contributed by atoms with Crippen LogP contribution in [0.25, 0.3) is 16.7 Å². The molecule has 0 unspecified atom stereocenters.